The molecule has 1 saturated carbocycles. The van der Waals surface area contributed by atoms with E-state index in [1.165, 1.54) is 0 Å². The molecular formula is C10H10ClNO2. The molecule has 0 unspecified atom stereocenters. The SMILES string of the molecule is Cc1cc(Cl)ncc1C1(C(=O)O)CC1. The maximum absolute atomic E-state index is 11.1. The van der Waals surface area contributed by atoms with Crippen molar-refractivity contribution in [3.8, 4) is 0 Å². The third-order valence-electron chi connectivity index (χ3n) is 2.75. The zero-order valence-electron chi connectivity index (χ0n) is 7.75. The highest BCUT2D eigenvalue weighted by atomic mass is 35.5. The van der Waals surface area contributed by atoms with E-state index in [2.05, 4.69) is 4.98 Å². The van der Waals surface area contributed by atoms with Gasteiger partial charge in [-0.15, -0.1) is 0 Å². The van der Waals surface area contributed by atoms with Crippen molar-refractivity contribution < 1.29 is 9.90 Å². The molecule has 4 heteroatoms. The van der Waals surface area contributed by atoms with E-state index in [-0.39, 0.29) is 0 Å². The summed E-state index contributed by atoms with van der Waals surface area (Å²) in [7, 11) is 0. The topological polar surface area (TPSA) is 50.2 Å². The van der Waals surface area contributed by atoms with Gasteiger partial charge in [0, 0.05) is 6.20 Å². The summed E-state index contributed by atoms with van der Waals surface area (Å²) in [5.74, 6) is -0.760. The molecule has 0 radical (unpaired) electrons. The lowest BCUT2D eigenvalue weighted by Gasteiger charge is -2.12. The molecule has 0 spiro atoms. The van der Waals surface area contributed by atoms with E-state index in [0.717, 1.165) is 11.1 Å². The molecule has 0 amide bonds. The van der Waals surface area contributed by atoms with E-state index in [0.29, 0.717) is 18.0 Å². The Hall–Kier alpha value is -1.09. The van der Waals surface area contributed by atoms with Crippen LogP contribution in [-0.4, -0.2) is 16.1 Å². The zero-order valence-corrected chi connectivity index (χ0v) is 8.51. The lowest BCUT2D eigenvalue weighted by Crippen LogP contribution is -2.20. The van der Waals surface area contributed by atoms with Gasteiger partial charge in [0.25, 0.3) is 0 Å². The molecule has 0 aliphatic heterocycles. The molecule has 0 atom stereocenters. The molecule has 14 heavy (non-hydrogen) atoms. The minimum absolute atomic E-state index is 0.410. The van der Waals surface area contributed by atoms with Gasteiger partial charge in [0.2, 0.25) is 0 Å². The van der Waals surface area contributed by atoms with Crippen molar-refractivity contribution in [3.05, 3.63) is 28.5 Å². The van der Waals surface area contributed by atoms with Crippen LogP contribution < -0.4 is 0 Å². The molecule has 3 nitrogen and oxygen atoms in total. The van der Waals surface area contributed by atoms with Crippen molar-refractivity contribution in [2.24, 2.45) is 0 Å². The number of aliphatic carboxylic acids is 1. The average molecular weight is 212 g/mol. The lowest BCUT2D eigenvalue weighted by atomic mass is 9.94. The standard InChI is InChI=1S/C10H10ClNO2/c1-6-4-8(11)12-5-7(6)10(2-3-10)9(13)14/h4-5H,2-3H2,1H3,(H,13,14). The molecule has 1 fully saturated rings. The minimum atomic E-state index is -0.760. The first-order valence-electron chi connectivity index (χ1n) is 4.42. The summed E-state index contributed by atoms with van der Waals surface area (Å²) >= 11 is 5.71. The highest BCUT2D eigenvalue weighted by Gasteiger charge is 2.52. The maximum Gasteiger partial charge on any atom is 0.314 e. The number of rotatable bonds is 2. The Kier molecular flexibility index (Phi) is 2.00. The van der Waals surface area contributed by atoms with Crippen molar-refractivity contribution >= 4 is 17.6 Å². The van der Waals surface area contributed by atoms with Crippen molar-refractivity contribution in [2.45, 2.75) is 25.2 Å². The third-order valence-corrected chi connectivity index (χ3v) is 2.96. The first kappa shape index (κ1) is 9.46. The quantitative estimate of drug-likeness (QED) is 0.763. The predicted molar refractivity (Wildman–Crippen MR) is 52.5 cm³/mol. The second-order valence-corrected chi connectivity index (χ2v) is 4.10. The highest BCUT2D eigenvalue weighted by Crippen LogP contribution is 2.49. The number of hydrogen-bond donors (Lipinski definition) is 1. The fourth-order valence-electron chi connectivity index (χ4n) is 1.75. The number of carbonyl (C=O) groups is 1. The van der Waals surface area contributed by atoms with Gasteiger partial charge in [-0.05, 0) is 37.0 Å². The molecule has 1 heterocycles. The van der Waals surface area contributed by atoms with Gasteiger partial charge in [0.15, 0.2) is 0 Å². The Labute approximate surface area is 86.7 Å². The highest BCUT2D eigenvalue weighted by molar-refractivity contribution is 6.29. The molecule has 2 rings (SSSR count). The van der Waals surface area contributed by atoms with E-state index in [1.54, 1.807) is 12.3 Å². The van der Waals surface area contributed by atoms with Gasteiger partial charge in [-0.1, -0.05) is 11.6 Å². The van der Waals surface area contributed by atoms with Crippen LogP contribution in [0.4, 0.5) is 0 Å². The number of halogens is 1. The monoisotopic (exact) mass is 211 g/mol. The number of aromatic nitrogens is 1. The predicted octanol–water partition coefficient (Wildman–Crippen LogP) is 2.16. The van der Waals surface area contributed by atoms with Crippen LogP contribution in [0.15, 0.2) is 12.3 Å². The van der Waals surface area contributed by atoms with Crippen LogP contribution in [0.1, 0.15) is 24.0 Å². The van der Waals surface area contributed by atoms with Crippen molar-refractivity contribution in [1.82, 2.24) is 4.98 Å². The third kappa shape index (κ3) is 1.28. The summed E-state index contributed by atoms with van der Waals surface area (Å²) in [4.78, 5) is 15.0. The Morgan fingerprint density at radius 2 is 2.29 bits per heavy atom. The second kappa shape index (κ2) is 2.95. The van der Waals surface area contributed by atoms with Gasteiger partial charge in [-0.2, -0.15) is 0 Å². The van der Waals surface area contributed by atoms with Gasteiger partial charge in [-0.25, -0.2) is 4.98 Å². The number of carboxylic acid groups (broad SMARTS) is 1. The van der Waals surface area contributed by atoms with Crippen LogP contribution in [0.25, 0.3) is 0 Å². The largest absolute Gasteiger partial charge is 0.481 e. The zero-order chi connectivity index (χ0) is 10.3. The van der Waals surface area contributed by atoms with Crippen LogP contribution in [0.3, 0.4) is 0 Å². The number of aryl methyl sites for hydroxylation is 1. The Bertz CT molecular complexity index is 399. The van der Waals surface area contributed by atoms with Gasteiger partial charge in [0.05, 0.1) is 5.41 Å². The van der Waals surface area contributed by atoms with Crippen LogP contribution in [-0.2, 0) is 10.2 Å². The molecule has 1 N–H and O–H groups in total. The number of hydrogen-bond acceptors (Lipinski definition) is 2. The van der Waals surface area contributed by atoms with Crippen LogP contribution >= 0.6 is 11.6 Å². The van der Waals surface area contributed by atoms with E-state index in [1.807, 2.05) is 6.92 Å². The summed E-state index contributed by atoms with van der Waals surface area (Å²) in [6.07, 6.45) is 2.98. The Balaban J connectivity index is 2.47. The minimum Gasteiger partial charge on any atom is -0.481 e. The fourth-order valence-corrected chi connectivity index (χ4v) is 1.96. The smallest absolute Gasteiger partial charge is 0.314 e. The van der Waals surface area contributed by atoms with Gasteiger partial charge in [0.1, 0.15) is 5.15 Å². The molecule has 0 aromatic carbocycles. The van der Waals surface area contributed by atoms with E-state index in [4.69, 9.17) is 16.7 Å². The number of nitrogens with zero attached hydrogens (tertiary/aromatic N) is 1. The molecule has 0 bridgehead atoms. The van der Waals surface area contributed by atoms with Crippen LogP contribution in [0, 0.1) is 6.92 Å². The summed E-state index contributed by atoms with van der Waals surface area (Å²) in [5.41, 5.74) is 1.03. The summed E-state index contributed by atoms with van der Waals surface area (Å²) < 4.78 is 0. The summed E-state index contributed by atoms with van der Waals surface area (Å²) in [6.45, 7) is 1.87. The Morgan fingerprint density at radius 3 is 2.71 bits per heavy atom. The lowest BCUT2D eigenvalue weighted by molar-refractivity contribution is -0.140. The normalized spacial score (nSPS) is 17.9. The number of pyridine rings is 1. The van der Waals surface area contributed by atoms with Crippen molar-refractivity contribution in [3.63, 3.8) is 0 Å². The molecule has 1 aliphatic rings. The van der Waals surface area contributed by atoms with Crippen LogP contribution in [0.2, 0.25) is 5.15 Å². The van der Waals surface area contributed by atoms with Gasteiger partial charge < -0.3 is 5.11 Å². The van der Waals surface area contributed by atoms with E-state index in [9.17, 15) is 4.79 Å². The van der Waals surface area contributed by atoms with Gasteiger partial charge in [-0.3, -0.25) is 4.79 Å². The molecule has 0 saturated heterocycles. The molecular weight excluding hydrogens is 202 g/mol. The second-order valence-electron chi connectivity index (χ2n) is 3.71. The maximum atomic E-state index is 11.1. The number of carboxylic acids is 1. The summed E-state index contributed by atoms with van der Waals surface area (Å²) in [6, 6.07) is 1.71. The average Bonchev–Trinajstić information content (AvgIpc) is 2.84. The van der Waals surface area contributed by atoms with E-state index < -0.39 is 11.4 Å². The Morgan fingerprint density at radius 1 is 1.64 bits per heavy atom. The molecule has 74 valence electrons. The first-order valence-corrected chi connectivity index (χ1v) is 4.80. The van der Waals surface area contributed by atoms with Crippen molar-refractivity contribution in [2.75, 3.05) is 0 Å². The molecule has 1 aromatic rings. The molecule has 1 aliphatic carbocycles. The fraction of sp³-hybridized carbons (Fsp3) is 0.400. The van der Waals surface area contributed by atoms with Crippen LogP contribution in [0.5, 0.6) is 0 Å². The molecule has 1 aromatic heterocycles. The first-order chi connectivity index (χ1) is 6.56. The van der Waals surface area contributed by atoms with E-state index >= 15 is 0 Å². The van der Waals surface area contributed by atoms with Gasteiger partial charge >= 0.3 is 5.97 Å². The summed E-state index contributed by atoms with van der Waals surface area (Å²) in [5, 5.41) is 9.50. The van der Waals surface area contributed by atoms with Crippen molar-refractivity contribution in [1.29, 1.82) is 0 Å².